The molecule has 2 aromatic carbocycles. The third-order valence-corrected chi connectivity index (χ3v) is 6.24. The molecular formula is C27H23FN4O3. The minimum atomic E-state index is -0.392. The van der Waals surface area contributed by atoms with Crippen LogP contribution < -0.4 is 0 Å². The van der Waals surface area contributed by atoms with Gasteiger partial charge in [-0.3, -0.25) is 19.6 Å². The van der Waals surface area contributed by atoms with Gasteiger partial charge in [0.2, 0.25) is 0 Å². The number of amides is 2. The van der Waals surface area contributed by atoms with Crippen LogP contribution in [-0.4, -0.2) is 43.2 Å². The molecule has 0 unspecified atom stereocenters. The van der Waals surface area contributed by atoms with Crippen LogP contribution in [-0.2, 0) is 19.6 Å². The second-order valence-electron chi connectivity index (χ2n) is 8.40. The maximum Gasteiger partial charge on any atom is 0.258 e. The minimum absolute atomic E-state index is 0.0931. The molecule has 0 spiro atoms. The molecule has 0 radical (unpaired) electrons. The summed E-state index contributed by atoms with van der Waals surface area (Å²) in [7, 11) is 0. The summed E-state index contributed by atoms with van der Waals surface area (Å²) in [5.41, 5.74) is 2.62. The fraction of sp³-hybridized carbons (Fsp3) is 0.185. The van der Waals surface area contributed by atoms with Crippen molar-refractivity contribution >= 4 is 22.7 Å². The summed E-state index contributed by atoms with van der Waals surface area (Å²) >= 11 is 0. The van der Waals surface area contributed by atoms with Gasteiger partial charge in [0, 0.05) is 43.0 Å². The van der Waals surface area contributed by atoms with Crippen LogP contribution in [0, 0.1) is 5.82 Å². The number of carbonyl (C=O) groups is 2. The first-order valence-corrected chi connectivity index (χ1v) is 11.3. The topological polar surface area (TPSA) is 86.6 Å². The maximum absolute atomic E-state index is 13.9. The van der Waals surface area contributed by atoms with Gasteiger partial charge in [-0.1, -0.05) is 24.3 Å². The molecule has 4 aromatic rings. The van der Waals surface area contributed by atoms with Crippen LogP contribution in [0.4, 0.5) is 4.39 Å². The molecule has 2 amide bonds. The SMILES string of the molecule is CCN(Cc1ccccn1)C(=O)c1c2c(c(O)c3ncccc13)C(=O)N(Cc1ccc(F)cc1)C2. The fourth-order valence-electron chi connectivity index (χ4n) is 4.51. The van der Waals surface area contributed by atoms with Crippen molar-refractivity contribution in [2.45, 2.75) is 26.6 Å². The lowest BCUT2D eigenvalue weighted by Crippen LogP contribution is -2.31. The predicted octanol–water partition coefficient (Wildman–Crippen LogP) is 4.29. The quantitative estimate of drug-likeness (QED) is 0.454. The Morgan fingerprint density at radius 3 is 2.57 bits per heavy atom. The normalized spacial score (nSPS) is 12.7. The van der Waals surface area contributed by atoms with E-state index in [2.05, 4.69) is 9.97 Å². The number of carbonyl (C=O) groups excluding carboxylic acids is 2. The summed E-state index contributed by atoms with van der Waals surface area (Å²) in [6.07, 6.45) is 3.20. The van der Waals surface area contributed by atoms with Crippen LogP contribution >= 0.6 is 0 Å². The summed E-state index contributed by atoms with van der Waals surface area (Å²) in [6, 6.07) is 14.9. The lowest BCUT2D eigenvalue weighted by Gasteiger charge is -2.23. The van der Waals surface area contributed by atoms with Gasteiger partial charge in [-0.2, -0.15) is 0 Å². The van der Waals surface area contributed by atoms with Crippen molar-refractivity contribution in [2.24, 2.45) is 0 Å². The number of nitrogens with zero attached hydrogens (tertiary/aromatic N) is 4. The molecule has 0 saturated heterocycles. The smallest absolute Gasteiger partial charge is 0.258 e. The lowest BCUT2D eigenvalue weighted by atomic mass is 9.95. The van der Waals surface area contributed by atoms with Gasteiger partial charge in [0.15, 0.2) is 5.75 Å². The Kier molecular flexibility index (Phi) is 5.86. The van der Waals surface area contributed by atoms with E-state index in [0.717, 1.165) is 11.3 Å². The predicted molar refractivity (Wildman–Crippen MR) is 128 cm³/mol. The van der Waals surface area contributed by atoms with Gasteiger partial charge in [-0.25, -0.2) is 4.39 Å². The molecule has 8 heteroatoms. The number of hydrogen-bond donors (Lipinski definition) is 1. The third-order valence-electron chi connectivity index (χ3n) is 6.24. The molecule has 0 atom stereocenters. The number of halogens is 1. The van der Waals surface area contributed by atoms with Crippen molar-refractivity contribution in [3.8, 4) is 5.75 Å². The molecular weight excluding hydrogens is 447 g/mol. The molecule has 176 valence electrons. The van der Waals surface area contributed by atoms with E-state index in [-0.39, 0.29) is 41.6 Å². The van der Waals surface area contributed by atoms with Crippen molar-refractivity contribution in [3.63, 3.8) is 0 Å². The number of fused-ring (bicyclic) bond motifs is 2. The van der Waals surface area contributed by atoms with Crippen LogP contribution in [0.5, 0.6) is 5.75 Å². The summed E-state index contributed by atoms with van der Waals surface area (Å²) in [6.45, 7) is 2.98. The van der Waals surface area contributed by atoms with E-state index in [0.29, 0.717) is 29.6 Å². The number of benzene rings is 2. The van der Waals surface area contributed by atoms with Crippen LogP contribution in [0.15, 0.2) is 67.0 Å². The second kappa shape index (κ2) is 9.13. The van der Waals surface area contributed by atoms with Crippen LogP contribution in [0.2, 0.25) is 0 Å². The Hall–Kier alpha value is -4.33. The van der Waals surface area contributed by atoms with Crippen LogP contribution in [0.3, 0.4) is 0 Å². The number of aromatic nitrogens is 2. The first kappa shape index (κ1) is 22.5. The molecule has 35 heavy (non-hydrogen) atoms. The van der Waals surface area contributed by atoms with Crippen molar-refractivity contribution in [1.29, 1.82) is 0 Å². The van der Waals surface area contributed by atoms with Gasteiger partial charge >= 0.3 is 0 Å². The average Bonchev–Trinajstić information content (AvgIpc) is 3.20. The van der Waals surface area contributed by atoms with Gasteiger partial charge in [-0.15, -0.1) is 0 Å². The molecule has 1 aliphatic heterocycles. The summed E-state index contributed by atoms with van der Waals surface area (Å²) < 4.78 is 13.3. The molecule has 0 aliphatic carbocycles. The summed E-state index contributed by atoms with van der Waals surface area (Å²) in [4.78, 5) is 39.1. The average molecular weight is 471 g/mol. The Bertz CT molecular complexity index is 1420. The zero-order valence-electron chi connectivity index (χ0n) is 19.1. The Labute approximate surface area is 201 Å². The Balaban J connectivity index is 1.59. The maximum atomic E-state index is 13.9. The standard InChI is InChI=1S/C27H23FN4O3/c1-2-31(15-19-6-3-4-12-29-19)26(34)22-20-7-5-13-30-24(20)25(33)23-21(22)16-32(27(23)35)14-17-8-10-18(28)11-9-17/h3-13,33H,2,14-16H2,1H3. The number of pyridine rings is 2. The molecule has 0 bridgehead atoms. The zero-order chi connectivity index (χ0) is 24.5. The highest BCUT2D eigenvalue weighted by Crippen LogP contribution is 2.40. The molecule has 5 rings (SSSR count). The third kappa shape index (κ3) is 4.07. The molecule has 0 saturated carbocycles. The van der Waals surface area contributed by atoms with Gasteiger partial charge in [-0.05, 0) is 42.8 Å². The largest absolute Gasteiger partial charge is 0.505 e. The van der Waals surface area contributed by atoms with Crippen LogP contribution in [0.25, 0.3) is 10.9 Å². The summed E-state index contributed by atoms with van der Waals surface area (Å²) in [5, 5.41) is 11.5. The highest BCUT2D eigenvalue weighted by molar-refractivity contribution is 6.15. The van der Waals surface area contributed by atoms with Gasteiger partial charge in [0.1, 0.15) is 11.3 Å². The number of rotatable bonds is 6. The molecule has 3 heterocycles. The molecule has 1 N–H and O–H groups in total. The first-order valence-electron chi connectivity index (χ1n) is 11.3. The molecule has 0 fully saturated rings. The van der Waals surface area contributed by atoms with E-state index < -0.39 is 5.91 Å². The number of phenols is 1. The molecule has 2 aromatic heterocycles. The monoisotopic (exact) mass is 470 g/mol. The highest BCUT2D eigenvalue weighted by atomic mass is 19.1. The fourth-order valence-corrected chi connectivity index (χ4v) is 4.51. The lowest BCUT2D eigenvalue weighted by molar-refractivity contribution is 0.0741. The summed E-state index contributed by atoms with van der Waals surface area (Å²) in [5.74, 6) is -1.24. The minimum Gasteiger partial charge on any atom is -0.505 e. The molecule has 7 nitrogen and oxygen atoms in total. The number of hydrogen-bond acceptors (Lipinski definition) is 5. The van der Waals surface area contributed by atoms with E-state index in [1.807, 2.05) is 25.1 Å². The van der Waals surface area contributed by atoms with E-state index >= 15 is 0 Å². The second-order valence-corrected chi connectivity index (χ2v) is 8.40. The van der Waals surface area contributed by atoms with Gasteiger partial charge < -0.3 is 14.9 Å². The van der Waals surface area contributed by atoms with Gasteiger partial charge in [0.05, 0.1) is 23.4 Å². The van der Waals surface area contributed by atoms with E-state index in [1.54, 1.807) is 40.3 Å². The van der Waals surface area contributed by atoms with Gasteiger partial charge in [0.25, 0.3) is 11.8 Å². The number of phenolic OH excluding ortho intramolecular Hbond substituents is 1. The first-order chi connectivity index (χ1) is 17.0. The van der Waals surface area contributed by atoms with E-state index in [9.17, 15) is 19.1 Å². The Morgan fingerprint density at radius 1 is 1.09 bits per heavy atom. The van der Waals surface area contributed by atoms with Crippen molar-refractivity contribution < 1.29 is 19.1 Å². The van der Waals surface area contributed by atoms with Crippen molar-refractivity contribution in [1.82, 2.24) is 19.8 Å². The highest BCUT2D eigenvalue weighted by Gasteiger charge is 2.37. The number of aromatic hydroxyl groups is 1. The van der Waals surface area contributed by atoms with E-state index in [1.165, 1.54) is 18.3 Å². The Morgan fingerprint density at radius 2 is 1.86 bits per heavy atom. The zero-order valence-corrected chi connectivity index (χ0v) is 19.1. The van der Waals surface area contributed by atoms with Crippen LogP contribution in [0.1, 0.15) is 44.5 Å². The molecule has 1 aliphatic rings. The van der Waals surface area contributed by atoms with E-state index in [4.69, 9.17) is 0 Å². The van der Waals surface area contributed by atoms with Crippen molar-refractivity contribution in [2.75, 3.05) is 6.54 Å². The van der Waals surface area contributed by atoms with Crippen molar-refractivity contribution in [3.05, 3.63) is 101 Å².